The zero-order valence-electron chi connectivity index (χ0n) is 13.6. The fourth-order valence-electron chi connectivity index (χ4n) is 2.09. The molecule has 0 spiro atoms. The standard InChI is InChI=1S/C18H16Cl2N2O3/c1-11(23)21-16-10-12(6-8-17(16)25-2)22-18(24)9-7-13-14(19)4-3-5-15(13)20/h3-10H,1-2H3,(H,21,23)(H,22,24)/b9-7+. The molecule has 130 valence electrons. The Morgan fingerprint density at radius 2 is 1.76 bits per heavy atom. The first-order valence-electron chi connectivity index (χ1n) is 7.29. The fraction of sp³-hybridized carbons (Fsp3) is 0.111. The molecule has 0 aliphatic heterocycles. The molecule has 0 radical (unpaired) electrons. The van der Waals surface area contributed by atoms with Gasteiger partial charge in [-0.25, -0.2) is 0 Å². The summed E-state index contributed by atoms with van der Waals surface area (Å²) in [6, 6.07) is 10.0. The number of rotatable bonds is 5. The smallest absolute Gasteiger partial charge is 0.248 e. The van der Waals surface area contributed by atoms with Gasteiger partial charge in [-0.05, 0) is 36.4 Å². The van der Waals surface area contributed by atoms with E-state index in [0.29, 0.717) is 32.7 Å². The molecule has 0 aliphatic carbocycles. The minimum atomic E-state index is -0.366. The number of hydrogen-bond donors (Lipinski definition) is 2. The van der Waals surface area contributed by atoms with Crippen molar-refractivity contribution in [2.75, 3.05) is 17.7 Å². The van der Waals surface area contributed by atoms with E-state index >= 15 is 0 Å². The zero-order chi connectivity index (χ0) is 18.4. The average molecular weight is 379 g/mol. The Bertz CT molecular complexity index is 815. The van der Waals surface area contributed by atoms with E-state index in [1.807, 2.05) is 0 Å². The van der Waals surface area contributed by atoms with Crippen molar-refractivity contribution in [2.24, 2.45) is 0 Å². The lowest BCUT2D eigenvalue weighted by molar-refractivity contribution is -0.114. The maximum absolute atomic E-state index is 12.1. The lowest BCUT2D eigenvalue weighted by atomic mass is 10.2. The number of nitrogens with one attached hydrogen (secondary N) is 2. The normalized spacial score (nSPS) is 10.6. The van der Waals surface area contributed by atoms with E-state index in [4.69, 9.17) is 27.9 Å². The number of amides is 2. The summed E-state index contributed by atoms with van der Waals surface area (Å²) in [4.78, 5) is 23.3. The summed E-state index contributed by atoms with van der Waals surface area (Å²) < 4.78 is 5.17. The second-order valence-corrected chi connectivity index (χ2v) is 5.87. The Hall–Kier alpha value is -2.50. The van der Waals surface area contributed by atoms with E-state index in [2.05, 4.69) is 10.6 Å². The molecule has 7 heteroatoms. The van der Waals surface area contributed by atoms with Crippen LogP contribution < -0.4 is 15.4 Å². The van der Waals surface area contributed by atoms with Crippen molar-refractivity contribution in [3.8, 4) is 5.75 Å². The molecule has 2 aromatic carbocycles. The first kappa shape index (κ1) is 18.8. The maximum atomic E-state index is 12.1. The number of methoxy groups -OCH3 is 1. The topological polar surface area (TPSA) is 67.4 Å². The van der Waals surface area contributed by atoms with Gasteiger partial charge in [0.1, 0.15) is 5.75 Å². The van der Waals surface area contributed by atoms with Gasteiger partial charge in [0.15, 0.2) is 0 Å². The highest BCUT2D eigenvalue weighted by molar-refractivity contribution is 6.37. The summed E-state index contributed by atoms with van der Waals surface area (Å²) in [7, 11) is 1.50. The van der Waals surface area contributed by atoms with Gasteiger partial charge in [0.25, 0.3) is 0 Å². The molecule has 2 N–H and O–H groups in total. The van der Waals surface area contributed by atoms with E-state index in [1.54, 1.807) is 36.4 Å². The minimum absolute atomic E-state index is 0.241. The van der Waals surface area contributed by atoms with E-state index in [1.165, 1.54) is 26.2 Å². The molecule has 2 amide bonds. The van der Waals surface area contributed by atoms with Crippen LogP contribution >= 0.6 is 23.2 Å². The molecule has 0 atom stereocenters. The van der Waals surface area contributed by atoms with Crippen molar-refractivity contribution in [1.29, 1.82) is 0 Å². The zero-order valence-corrected chi connectivity index (χ0v) is 15.1. The van der Waals surface area contributed by atoms with Crippen molar-refractivity contribution in [3.63, 3.8) is 0 Å². The van der Waals surface area contributed by atoms with Crippen LogP contribution in [0.3, 0.4) is 0 Å². The maximum Gasteiger partial charge on any atom is 0.248 e. The van der Waals surface area contributed by atoms with Crippen LogP contribution in [0.4, 0.5) is 11.4 Å². The number of halogens is 2. The number of hydrogen-bond acceptors (Lipinski definition) is 3. The predicted molar refractivity (Wildman–Crippen MR) is 101 cm³/mol. The van der Waals surface area contributed by atoms with Crippen molar-refractivity contribution in [3.05, 3.63) is 58.1 Å². The fourth-order valence-corrected chi connectivity index (χ4v) is 2.61. The first-order valence-corrected chi connectivity index (χ1v) is 8.05. The summed E-state index contributed by atoms with van der Waals surface area (Å²) in [5.74, 6) is -0.114. The lowest BCUT2D eigenvalue weighted by Gasteiger charge is -2.11. The number of carbonyl (C=O) groups excluding carboxylic acids is 2. The Morgan fingerprint density at radius 1 is 1.08 bits per heavy atom. The molecule has 0 fully saturated rings. The van der Waals surface area contributed by atoms with Crippen LogP contribution in [0.15, 0.2) is 42.5 Å². The number of ether oxygens (including phenoxy) is 1. The number of carbonyl (C=O) groups is 2. The Kier molecular flexibility index (Phi) is 6.44. The second-order valence-electron chi connectivity index (χ2n) is 5.05. The Labute approximate surface area is 155 Å². The van der Waals surface area contributed by atoms with Gasteiger partial charge in [-0.15, -0.1) is 0 Å². The molecule has 0 saturated carbocycles. The van der Waals surface area contributed by atoms with Crippen molar-refractivity contribution in [2.45, 2.75) is 6.92 Å². The molecule has 25 heavy (non-hydrogen) atoms. The van der Waals surface area contributed by atoms with Crippen molar-refractivity contribution >= 4 is 52.5 Å². The third-order valence-electron chi connectivity index (χ3n) is 3.18. The van der Waals surface area contributed by atoms with Crippen LogP contribution in [0.1, 0.15) is 12.5 Å². The van der Waals surface area contributed by atoms with Crippen LogP contribution in [-0.2, 0) is 9.59 Å². The minimum Gasteiger partial charge on any atom is -0.495 e. The van der Waals surface area contributed by atoms with Gasteiger partial charge in [-0.1, -0.05) is 29.3 Å². The molecule has 0 unspecified atom stereocenters. The molecule has 0 saturated heterocycles. The monoisotopic (exact) mass is 378 g/mol. The molecule has 0 aromatic heterocycles. The quantitative estimate of drug-likeness (QED) is 0.746. The molecule has 0 aliphatic rings. The van der Waals surface area contributed by atoms with Gasteiger partial charge >= 0.3 is 0 Å². The highest BCUT2D eigenvalue weighted by Gasteiger charge is 2.08. The lowest BCUT2D eigenvalue weighted by Crippen LogP contribution is -2.10. The van der Waals surface area contributed by atoms with E-state index in [9.17, 15) is 9.59 Å². The summed E-state index contributed by atoms with van der Waals surface area (Å²) in [6.45, 7) is 1.39. The SMILES string of the molecule is COc1ccc(NC(=O)/C=C/c2c(Cl)cccc2Cl)cc1NC(C)=O. The predicted octanol–water partition coefficient (Wildman–Crippen LogP) is 4.61. The highest BCUT2D eigenvalue weighted by atomic mass is 35.5. The van der Waals surface area contributed by atoms with E-state index in [0.717, 1.165) is 0 Å². The third kappa shape index (κ3) is 5.24. The van der Waals surface area contributed by atoms with Crippen LogP contribution in [0, 0.1) is 0 Å². The molecular formula is C18H16Cl2N2O3. The number of anilines is 2. The van der Waals surface area contributed by atoms with Crippen molar-refractivity contribution in [1.82, 2.24) is 0 Å². The molecule has 0 bridgehead atoms. The summed E-state index contributed by atoms with van der Waals surface area (Å²) in [5.41, 5.74) is 1.53. The van der Waals surface area contributed by atoms with Gasteiger partial charge < -0.3 is 15.4 Å². The van der Waals surface area contributed by atoms with Crippen LogP contribution in [0.2, 0.25) is 10.0 Å². The Balaban J connectivity index is 2.15. The average Bonchev–Trinajstić information content (AvgIpc) is 2.54. The van der Waals surface area contributed by atoms with Crippen molar-refractivity contribution < 1.29 is 14.3 Å². The van der Waals surface area contributed by atoms with Crippen LogP contribution in [0.5, 0.6) is 5.75 Å². The largest absolute Gasteiger partial charge is 0.495 e. The van der Waals surface area contributed by atoms with Gasteiger partial charge in [0.2, 0.25) is 11.8 Å². The van der Waals surface area contributed by atoms with Gasteiger partial charge in [-0.3, -0.25) is 9.59 Å². The van der Waals surface area contributed by atoms with Gasteiger partial charge in [0.05, 0.1) is 12.8 Å². The molecule has 5 nitrogen and oxygen atoms in total. The first-order chi connectivity index (χ1) is 11.9. The molecular weight excluding hydrogens is 363 g/mol. The summed E-state index contributed by atoms with van der Waals surface area (Å²) >= 11 is 12.1. The van der Waals surface area contributed by atoms with E-state index < -0.39 is 0 Å². The van der Waals surface area contributed by atoms with Gasteiger partial charge in [0, 0.05) is 34.3 Å². The Morgan fingerprint density at radius 3 is 2.36 bits per heavy atom. The summed E-state index contributed by atoms with van der Waals surface area (Å²) in [5, 5.41) is 6.25. The highest BCUT2D eigenvalue weighted by Crippen LogP contribution is 2.28. The number of benzene rings is 2. The molecule has 0 heterocycles. The van der Waals surface area contributed by atoms with Crippen LogP contribution in [0.25, 0.3) is 6.08 Å². The van der Waals surface area contributed by atoms with Gasteiger partial charge in [-0.2, -0.15) is 0 Å². The summed E-state index contributed by atoms with van der Waals surface area (Å²) in [6.07, 6.45) is 2.87. The van der Waals surface area contributed by atoms with Crippen LogP contribution in [-0.4, -0.2) is 18.9 Å². The second kappa shape index (κ2) is 8.55. The third-order valence-corrected chi connectivity index (χ3v) is 3.84. The van der Waals surface area contributed by atoms with E-state index in [-0.39, 0.29) is 11.8 Å². The molecule has 2 aromatic rings. The molecule has 2 rings (SSSR count).